The maximum absolute atomic E-state index is 5.29. The summed E-state index contributed by atoms with van der Waals surface area (Å²) < 4.78 is 6.38. The predicted octanol–water partition coefficient (Wildman–Crippen LogP) is 5.28. The lowest BCUT2D eigenvalue weighted by atomic mass is 10.1. The van der Waals surface area contributed by atoms with Crippen LogP contribution in [0.15, 0.2) is 70.0 Å². The van der Waals surface area contributed by atoms with Crippen LogP contribution in [-0.2, 0) is 0 Å². The second kappa shape index (κ2) is 6.14. The van der Waals surface area contributed by atoms with Crippen LogP contribution in [0.4, 0.5) is 5.69 Å². The van der Waals surface area contributed by atoms with E-state index in [1.54, 1.807) is 6.20 Å². The molecule has 0 spiro atoms. The number of nitrogens with one attached hydrogen (secondary N) is 1. The number of hydrogen-bond donors (Lipinski definition) is 1. The van der Waals surface area contributed by atoms with Crippen LogP contribution in [0, 0.1) is 0 Å². The molecule has 1 aromatic heterocycles. The Bertz CT molecular complexity index is 691. The minimum atomic E-state index is 0.245. The number of oxazole rings is 1. The number of rotatable bonds is 4. The van der Waals surface area contributed by atoms with Gasteiger partial charge in [0.2, 0.25) is 0 Å². The highest BCUT2D eigenvalue weighted by Crippen LogP contribution is 2.24. The van der Waals surface area contributed by atoms with Crippen LogP contribution in [0.2, 0.25) is 0 Å². The lowest BCUT2D eigenvalue weighted by Crippen LogP contribution is -2.06. The predicted molar refractivity (Wildman–Crippen MR) is 88.1 cm³/mol. The van der Waals surface area contributed by atoms with Gasteiger partial charge in [0.15, 0.2) is 12.2 Å². The smallest absolute Gasteiger partial charge is 0.181 e. The molecule has 1 N–H and O–H groups in total. The fourth-order valence-electron chi connectivity index (χ4n) is 2.17. The summed E-state index contributed by atoms with van der Waals surface area (Å²) in [5.41, 5.74) is 3.35. The van der Waals surface area contributed by atoms with Gasteiger partial charge in [-0.1, -0.05) is 28.1 Å². The first-order valence-corrected chi connectivity index (χ1v) is 7.52. The Kier molecular flexibility index (Phi) is 4.06. The van der Waals surface area contributed by atoms with Crippen molar-refractivity contribution in [1.29, 1.82) is 0 Å². The number of aromatic nitrogens is 1. The number of halogens is 1. The topological polar surface area (TPSA) is 38.1 Å². The molecule has 2 aromatic carbocycles. The van der Waals surface area contributed by atoms with Crippen molar-refractivity contribution in [3.63, 3.8) is 0 Å². The summed E-state index contributed by atoms with van der Waals surface area (Å²) in [6.45, 7) is 2.15. The molecule has 3 rings (SSSR count). The van der Waals surface area contributed by atoms with Gasteiger partial charge in [0, 0.05) is 21.8 Å². The summed E-state index contributed by atoms with van der Waals surface area (Å²) in [6, 6.07) is 16.7. The first-order chi connectivity index (χ1) is 10.2. The summed E-state index contributed by atoms with van der Waals surface area (Å²) in [6.07, 6.45) is 3.16. The van der Waals surface area contributed by atoms with E-state index < -0.39 is 0 Å². The SMILES string of the molecule is CC(Nc1ccc(-c2cnco2)cc1)c1ccc(Br)cc1. The van der Waals surface area contributed by atoms with Gasteiger partial charge in [-0.05, 0) is 48.9 Å². The van der Waals surface area contributed by atoms with Crippen molar-refractivity contribution in [3.05, 3.63) is 71.2 Å². The highest BCUT2D eigenvalue weighted by Gasteiger charge is 2.06. The van der Waals surface area contributed by atoms with Crippen LogP contribution in [0.25, 0.3) is 11.3 Å². The van der Waals surface area contributed by atoms with Crippen LogP contribution in [0.3, 0.4) is 0 Å². The standard InChI is InChI=1S/C17H15BrN2O/c1-12(13-2-6-15(18)7-3-13)20-16-8-4-14(5-9-16)17-10-19-11-21-17/h2-12,20H,1H3. The molecule has 0 aliphatic rings. The fraction of sp³-hybridized carbons (Fsp3) is 0.118. The largest absolute Gasteiger partial charge is 0.444 e. The molecule has 0 fully saturated rings. The Morgan fingerprint density at radius 1 is 1.05 bits per heavy atom. The van der Waals surface area contributed by atoms with Gasteiger partial charge in [0.05, 0.1) is 6.20 Å². The summed E-state index contributed by atoms with van der Waals surface area (Å²) >= 11 is 3.45. The van der Waals surface area contributed by atoms with E-state index in [4.69, 9.17) is 4.42 Å². The van der Waals surface area contributed by atoms with Crippen LogP contribution >= 0.6 is 15.9 Å². The van der Waals surface area contributed by atoms with Crippen LogP contribution in [-0.4, -0.2) is 4.98 Å². The van der Waals surface area contributed by atoms with Crippen molar-refractivity contribution in [1.82, 2.24) is 4.98 Å². The highest BCUT2D eigenvalue weighted by molar-refractivity contribution is 9.10. The Morgan fingerprint density at radius 3 is 2.38 bits per heavy atom. The molecule has 1 atom stereocenters. The van der Waals surface area contributed by atoms with E-state index in [0.717, 1.165) is 21.5 Å². The van der Waals surface area contributed by atoms with Gasteiger partial charge in [-0.2, -0.15) is 0 Å². The zero-order valence-corrected chi connectivity index (χ0v) is 13.2. The Balaban J connectivity index is 1.71. The highest BCUT2D eigenvalue weighted by atomic mass is 79.9. The first-order valence-electron chi connectivity index (χ1n) is 6.73. The molecule has 0 aliphatic heterocycles. The third-order valence-corrected chi connectivity index (χ3v) is 3.88. The molecule has 21 heavy (non-hydrogen) atoms. The van der Waals surface area contributed by atoms with Gasteiger partial charge >= 0.3 is 0 Å². The van der Waals surface area contributed by atoms with Crippen molar-refractivity contribution >= 4 is 21.6 Å². The lowest BCUT2D eigenvalue weighted by molar-refractivity contribution is 0.572. The molecule has 3 nitrogen and oxygen atoms in total. The van der Waals surface area contributed by atoms with Crippen LogP contribution in [0.5, 0.6) is 0 Å². The molecular weight excluding hydrogens is 328 g/mol. The minimum absolute atomic E-state index is 0.245. The van der Waals surface area contributed by atoms with E-state index in [2.05, 4.69) is 57.4 Å². The van der Waals surface area contributed by atoms with Crippen LogP contribution < -0.4 is 5.32 Å². The monoisotopic (exact) mass is 342 g/mol. The molecule has 0 amide bonds. The van der Waals surface area contributed by atoms with Crippen molar-refractivity contribution < 1.29 is 4.42 Å². The third-order valence-electron chi connectivity index (χ3n) is 3.35. The molecule has 0 saturated heterocycles. The molecule has 0 saturated carbocycles. The van der Waals surface area contributed by atoms with Crippen molar-refractivity contribution in [3.8, 4) is 11.3 Å². The molecule has 0 bridgehead atoms. The normalized spacial score (nSPS) is 12.1. The summed E-state index contributed by atoms with van der Waals surface area (Å²) in [5.74, 6) is 0.780. The van der Waals surface area contributed by atoms with Crippen LogP contribution in [0.1, 0.15) is 18.5 Å². The maximum atomic E-state index is 5.29. The Labute approximate surface area is 132 Å². The molecule has 0 aliphatic carbocycles. The number of benzene rings is 2. The summed E-state index contributed by atoms with van der Waals surface area (Å²) in [7, 11) is 0. The van der Waals surface area contributed by atoms with E-state index in [1.165, 1.54) is 12.0 Å². The summed E-state index contributed by atoms with van der Waals surface area (Å²) in [5, 5.41) is 3.49. The van der Waals surface area contributed by atoms with Gasteiger partial charge in [-0.15, -0.1) is 0 Å². The number of anilines is 1. The first kappa shape index (κ1) is 13.9. The zero-order valence-electron chi connectivity index (χ0n) is 11.6. The maximum Gasteiger partial charge on any atom is 0.181 e. The zero-order chi connectivity index (χ0) is 14.7. The fourth-order valence-corrected chi connectivity index (χ4v) is 2.44. The molecule has 106 valence electrons. The van der Waals surface area contributed by atoms with Gasteiger partial charge in [0.25, 0.3) is 0 Å². The van der Waals surface area contributed by atoms with Gasteiger partial charge in [0.1, 0.15) is 0 Å². The van der Waals surface area contributed by atoms with Gasteiger partial charge in [-0.3, -0.25) is 0 Å². The van der Waals surface area contributed by atoms with Gasteiger partial charge < -0.3 is 9.73 Å². The van der Waals surface area contributed by atoms with E-state index in [9.17, 15) is 0 Å². The molecule has 3 aromatic rings. The Morgan fingerprint density at radius 2 is 1.76 bits per heavy atom. The van der Waals surface area contributed by atoms with E-state index in [1.807, 2.05) is 24.3 Å². The minimum Gasteiger partial charge on any atom is -0.444 e. The average molecular weight is 343 g/mol. The molecular formula is C17H15BrN2O. The lowest BCUT2D eigenvalue weighted by Gasteiger charge is -2.16. The summed E-state index contributed by atoms with van der Waals surface area (Å²) in [4.78, 5) is 3.93. The van der Waals surface area contributed by atoms with Crippen molar-refractivity contribution in [2.24, 2.45) is 0 Å². The third kappa shape index (κ3) is 3.34. The van der Waals surface area contributed by atoms with Crippen molar-refractivity contribution in [2.75, 3.05) is 5.32 Å². The molecule has 1 unspecified atom stereocenters. The van der Waals surface area contributed by atoms with E-state index in [0.29, 0.717) is 0 Å². The molecule has 0 radical (unpaired) electrons. The second-order valence-corrected chi connectivity index (χ2v) is 5.78. The second-order valence-electron chi connectivity index (χ2n) is 4.86. The van der Waals surface area contributed by atoms with E-state index >= 15 is 0 Å². The molecule has 4 heteroatoms. The van der Waals surface area contributed by atoms with E-state index in [-0.39, 0.29) is 6.04 Å². The number of hydrogen-bond acceptors (Lipinski definition) is 3. The number of nitrogens with zero attached hydrogens (tertiary/aromatic N) is 1. The van der Waals surface area contributed by atoms with Crippen molar-refractivity contribution in [2.45, 2.75) is 13.0 Å². The molecule has 1 heterocycles. The van der Waals surface area contributed by atoms with Gasteiger partial charge in [-0.25, -0.2) is 4.98 Å². The average Bonchev–Trinajstić information content (AvgIpc) is 3.03. The Hall–Kier alpha value is -2.07. The quantitative estimate of drug-likeness (QED) is 0.701.